The first-order chi connectivity index (χ1) is 23.8. The molecular formula is C42H54O2S4. The molecule has 4 heterocycles. The van der Waals surface area contributed by atoms with Crippen LogP contribution in [0.1, 0.15) is 117 Å². The zero-order chi connectivity index (χ0) is 33.2. The van der Waals surface area contributed by atoms with Gasteiger partial charge in [-0.3, -0.25) is 0 Å². The van der Waals surface area contributed by atoms with Gasteiger partial charge in [0.05, 0.1) is 13.2 Å². The maximum atomic E-state index is 6.69. The van der Waals surface area contributed by atoms with Gasteiger partial charge in [-0.05, 0) is 72.1 Å². The van der Waals surface area contributed by atoms with Crippen LogP contribution in [0.5, 0.6) is 11.5 Å². The fraction of sp³-hybridized carbons (Fsp3) is 0.476. The predicted octanol–water partition coefficient (Wildman–Crippen LogP) is 15.6. The molecule has 258 valence electrons. The van der Waals surface area contributed by atoms with Crippen LogP contribution in [0, 0.1) is 0 Å². The van der Waals surface area contributed by atoms with Crippen LogP contribution < -0.4 is 9.47 Å². The minimum absolute atomic E-state index is 0.744. The summed E-state index contributed by atoms with van der Waals surface area (Å²) in [4.78, 5) is 7.71. The summed E-state index contributed by atoms with van der Waals surface area (Å²) in [6, 6.07) is 22.3. The topological polar surface area (TPSA) is 18.5 Å². The smallest absolute Gasteiger partial charge is 0.128 e. The van der Waals surface area contributed by atoms with E-state index in [1.807, 2.05) is 22.7 Å². The van der Waals surface area contributed by atoms with Crippen molar-refractivity contribution in [2.75, 3.05) is 13.2 Å². The number of unbranched alkanes of at least 4 members (excludes halogenated alkanes) is 14. The summed E-state index contributed by atoms with van der Waals surface area (Å²) in [6.07, 6.45) is 20.7. The number of hydrogen-bond acceptors (Lipinski definition) is 6. The number of thiophene rings is 4. The van der Waals surface area contributed by atoms with Crippen LogP contribution in [0.15, 0.2) is 71.4 Å². The first kappa shape index (κ1) is 36.9. The Morgan fingerprint density at radius 1 is 0.417 bits per heavy atom. The zero-order valence-corrected chi connectivity index (χ0v) is 32.4. The first-order valence-electron chi connectivity index (χ1n) is 18.5. The van der Waals surface area contributed by atoms with Crippen molar-refractivity contribution in [2.45, 2.75) is 117 Å². The molecule has 4 aromatic heterocycles. The molecule has 5 aromatic rings. The van der Waals surface area contributed by atoms with Crippen molar-refractivity contribution in [3.63, 3.8) is 0 Å². The average molecular weight is 719 g/mol. The number of rotatable bonds is 24. The summed E-state index contributed by atoms with van der Waals surface area (Å²) in [5, 5.41) is 4.31. The molecule has 0 atom stereocenters. The molecule has 0 radical (unpaired) electrons. The second-order valence-corrected chi connectivity index (χ2v) is 16.8. The van der Waals surface area contributed by atoms with Crippen molar-refractivity contribution in [2.24, 2.45) is 0 Å². The van der Waals surface area contributed by atoms with E-state index in [2.05, 4.69) is 85.3 Å². The fourth-order valence-electron chi connectivity index (χ4n) is 6.09. The number of ether oxygens (including phenoxy) is 2. The summed E-state index contributed by atoms with van der Waals surface area (Å²) in [7, 11) is 0. The van der Waals surface area contributed by atoms with Gasteiger partial charge in [0.15, 0.2) is 0 Å². The second kappa shape index (κ2) is 21.0. The molecule has 2 nitrogen and oxygen atoms in total. The van der Waals surface area contributed by atoms with Gasteiger partial charge >= 0.3 is 0 Å². The van der Waals surface area contributed by atoms with Gasteiger partial charge in [-0.2, -0.15) is 0 Å². The SMILES string of the molecule is CCCCCCCCCCOc1cc(-c2ccc(-c3cccs3)s2)c(OCCCCCCCCCC)cc1-c1ccc(-c2cccs2)s1. The monoisotopic (exact) mass is 718 g/mol. The van der Waals surface area contributed by atoms with Gasteiger partial charge in [0.2, 0.25) is 0 Å². The van der Waals surface area contributed by atoms with Crippen LogP contribution in [0.2, 0.25) is 0 Å². The van der Waals surface area contributed by atoms with Crippen molar-refractivity contribution in [3.05, 3.63) is 71.4 Å². The highest BCUT2D eigenvalue weighted by Gasteiger charge is 2.19. The van der Waals surface area contributed by atoms with E-state index in [4.69, 9.17) is 9.47 Å². The molecule has 0 spiro atoms. The molecule has 0 aliphatic heterocycles. The molecule has 0 aliphatic carbocycles. The molecule has 6 heteroatoms. The van der Waals surface area contributed by atoms with Gasteiger partial charge in [0, 0.05) is 40.4 Å². The summed E-state index contributed by atoms with van der Waals surface area (Å²) < 4.78 is 13.4. The zero-order valence-electron chi connectivity index (χ0n) is 29.1. The van der Waals surface area contributed by atoms with Gasteiger partial charge in [0.1, 0.15) is 11.5 Å². The standard InChI is InChI=1S/C42H54O2S4/c1-3-5-7-9-11-13-15-17-27-43-35-31-34(38-24-26-42(48-38)40-22-20-30-46-40)36(44-28-18-16-14-12-10-8-6-4-2)32-33(35)37-23-25-41(47-37)39-21-19-29-45-39/h19-26,29-32H,3-18,27-28H2,1-2H3. The van der Waals surface area contributed by atoms with E-state index in [1.54, 1.807) is 22.7 Å². The molecule has 0 saturated carbocycles. The Bertz CT molecular complexity index is 1440. The Kier molecular flexibility index (Phi) is 16.1. The van der Waals surface area contributed by atoms with Gasteiger partial charge in [0.25, 0.3) is 0 Å². The van der Waals surface area contributed by atoms with E-state index >= 15 is 0 Å². The quantitative estimate of drug-likeness (QED) is 0.0591. The largest absolute Gasteiger partial charge is 0.493 e. The molecular weight excluding hydrogens is 665 g/mol. The van der Waals surface area contributed by atoms with E-state index in [-0.39, 0.29) is 0 Å². The first-order valence-corrected chi connectivity index (χ1v) is 21.9. The lowest BCUT2D eigenvalue weighted by Gasteiger charge is -2.17. The third-order valence-electron chi connectivity index (χ3n) is 8.86. The van der Waals surface area contributed by atoms with Gasteiger partial charge in [-0.1, -0.05) is 116 Å². The Morgan fingerprint density at radius 3 is 1.17 bits per heavy atom. The third kappa shape index (κ3) is 11.3. The lowest BCUT2D eigenvalue weighted by atomic mass is 10.1. The molecule has 0 unspecified atom stereocenters. The number of hydrogen-bond donors (Lipinski definition) is 0. The van der Waals surface area contributed by atoms with Crippen LogP contribution in [-0.2, 0) is 0 Å². The van der Waals surface area contributed by atoms with E-state index in [0.717, 1.165) is 48.7 Å². The predicted molar refractivity (Wildman–Crippen MR) is 216 cm³/mol. The van der Waals surface area contributed by atoms with Crippen LogP contribution in [0.4, 0.5) is 0 Å². The highest BCUT2D eigenvalue weighted by molar-refractivity contribution is 7.23. The van der Waals surface area contributed by atoms with E-state index in [1.165, 1.54) is 119 Å². The third-order valence-corrected chi connectivity index (χ3v) is 13.2. The highest BCUT2D eigenvalue weighted by Crippen LogP contribution is 2.47. The van der Waals surface area contributed by atoms with E-state index in [9.17, 15) is 0 Å². The number of benzene rings is 1. The maximum Gasteiger partial charge on any atom is 0.128 e. The summed E-state index contributed by atoms with van der Waals surface area (Å²) >= 11 is 7.30. The Hall–Kier alpha value is -2.38. The van der Waals surface area contributed by atoms with Gasteiger partial charge in [-0.15, -0.1) is 45.3 Å². The van der Waals surface area contributed by atoms with Crippen LogP contribution in [-0.4, -0.2) is 13.2 Å². The highest BCUT2D eigenvalue weighted by atomic mass is 32.1. The molecule has 0 amide bonds. The average Bonchev–Trinajstić information content (AvgIpc) is 3.94. The van der Waals surface area contributed by atoms with Crippen molar-refractivity contribution < 1.29 is 9.47 Å². The van der Waals surface area contributed by atoms with Crippen LogP contribution in [0.3, 0.4) is 0 Å². The van der Waals surface area contributed by atoms with E-state index < -0.39 is 0 Å². The molecule has 0 bridgehead atoms. The summed E-state index contributed by atoms with van der Waals surface area (Å²) in [6.45, 7) is 6.06. The lowest BCUT2D eigenvalue weighted by Crippen LogP contribution is -2.02. The molecule has 1 aromatic carbocycles. The van der Waals surface area contributed by atoms with Crippen molar-refractivity contribution in [1.29, 1.82) is 0 Å². The Balaban J connectivity index is 1.35. The minimum atomic E-state index is 0.744. The fourth-order valence-corrected chi connectivity index (χ4v) is 9.81. The van der Waals surface area contributed by atoms with Crippen LogP contribution in [0.25, 0.3) is 40.4 Å². The van der Waals surface area contributed by atoms with Crippen molar-refractivity contribution in [1.82, 2.24) is 0 Å². The van der Waals surface area contributed by atoms with E-state index in [0.29, 0.717) is 0 Å². The molecule has 0 aliphatic rings. The molecule has 0 fully saturated rings. The normalized spacial score (nSPS) is 11.4. The molecule has 5 rings (SSSR count). The summed E-state index contributed by atoms with van der Waals surface area (Å²) in [5.41, 5.74) is 2.29. The maximum absolute atomic E-state index is 6.69. The van der Waals surface area contributed by atoms with Crippen LogP contribution >= 0.6 is 45.3 Å². The second-order valence-electron chi connectivity index (χ2n) is 12.8. The molecule has 0 N–H and O–H groups in total. The molecule has 0 saturated heterocycles. The summed E-state index contributed by atoms with van der Waals surface area (Å²) in [5.74, 6) is 1.94. The van der Waals surface area contributed by atoms with Gasteiger partial charge in [-0.25, -0.2) is 0 Å². The Labute approximate surface area is 306 Å². The van der Waals surface area contributed by atoms with Crippen molar-refractivity contribution in [3.8, 4) is 51.9 Å². The molecule has 48 heavy (non-hydrogen) atoms. The Morgan fingerprint density at radius 2 is 0.792 bits per heavy atom. The lowest BCUT2D eigenvalue weighted by molar-refractivity contribution is 0.298. The minimum Gasteiger partial charge on any atom is -0.493 e. The van der Waals surface area contributed by atoms with Gasteiger partial charge < -0.3 is 9.47 Å². The van der Waals surface area contributed by atoms with Crippen molar-refractivity contribution >= 4 is 45.3 Å².